The molecule has 0 atom stereocenters. The summed E-state index contributed by atoms with van der Waals surface area (Å²) in [5.41, 5.74) is 2.72. The average Bonchev–Trinajstić information content (AvgIpc) is 2.75. The Morgan fingerprint density at radius 1 is 0.630 bits per heavy atom. The van der Waals surface area contributed by atoms with Crippen LogP contribution in [0.1, 0.15) is 16.7 Å². The lowest BCUT2D eigenvalue weighted by Gasteiger charge is -2.41. The van der Waals surface area contributed by atoms with Crippen LogP contribution < -0.4 is 5.06 Å². The van der Waals surface area contributed by atoms with Crippen LogP contribution in [0.4, 0.5) is 5.69 Å². The van der Waals surface area contributed by atoms with Crippen molar-refractivity contribution in [2.24, 2.45) is 0 Å². The molecule has 0 fully saturated rings. The van der Waals surface area contributed by atoms with Crippen LogP contribution in [0.2, 0.25) is 0 Å². The number of benzene rings is 4. The zero-order valence-corrected chi connectivity index (χ0v) is 14.7. The second kappa shape index (κ2) is 6.11. The first-order chi connectivity index (χ1) is 13.3. The molecule has 0 saturated heterocycles. The summed E-state index contributed by atoms with van der Waals surface area (Å²) in [7, 11) is 0. The maximum absolute atomic E-state index is 13.8. The largest absolute Gasteiger partial charge is 0.201 e. The van der Waals surface area contributed by atoms with Crippen molar-refractivity contribution in [3.63, 3.8) is 0 Å². The fourth-order valence-electron chi connectivity index (χ4n) is 4.08. The van der Waals surface area contributed by atoms with Crippen molar-refractivity contribution in [1.29, 1.82) is 0 Å². The highest BCUT2D eigenvalue weighted by atomic mass is 16.5. The molecule has 1 aliphatic heterocycles. The van der Waals surface area contributed by atoms with Gasteiger partial charge in [0.05, 0.1) is 5.69 Å². The monoisotopic (exact) mass is 348 g/mol. The zero-order chi connectivity index (χ0) is 18.3. The van der Waals surface area contributed by atoms with Gasteiger partial charge < -0.3 is 0 Å². The zero-order valence-electron chi connectivity index (χ0n) is 14.7. The standard InChI is InChI=1S/C25H18NO/c27-26-24-16-15-19-9-7-8-14-22(19)23(24)17-18-25(26,20-10-3-1-4-11-20)21-12-5-2-6-13-21/h1-18H. The third kappa shape index (κ3) is 2.31. The highest BCUT2D eigenvalue weighted by Crippen LogP contribution is 2.46. The van der Waals surface area contributed by atoms with Crippen LogP contribution in [0, 0.1) is 0 Å². The van der Waals surface area contributed by atoms with Gasteiger partial charge in [0.25, 0.3) is 0 Å². The Morgan fingerprint density at radius 3 is 1.89 bits per heavy atom. The van der Waals surface area contributed by atoms with E-state index in [-0.39, 0.29) is 0 Å². The predicted molar refractivity (Wildman–Crippen MR) is 110 cm³/mol. The summed E-state index contributed by atoms with van der Waals surface area (Å²) >= 11 is 0. The fourth-order valence-corrected chi connectivity index (χ4v) is 4.08. The summed E-state index contributed by atoms with van der Waals surface area (Å²) in [5, 5.41) is 17.3. The summed E-state index contributed by atoms with van der Waals surface area (Å²) in [5.74, 6) is 0. The van der Waals surface area contributed by atoms with E-state index < -0.39 is 5.54 Å². The topological polar surface area (TPSA) is 23.1 Å². The van der Waals surface area contributed by atoms with E-state index in [4.69, 9.17) is 0 Å². The van der Waals surface area contributed by atoms with Crippen molar-refractivity contribution in [2.45, 2.75) is 5.54 Å². The molecule has 0 unspecified atom stereocenters. The molecular formula is C25H18NO. The molecule has 129 valence electrons. The Bertz CT molecular complexity index is 1090. The molecular weight excluding hydrogens is 330 g/mol. The van der Waals surface area contributed by atoms with Gasteiger partial charge in [0.15, 0.2) is 0 Å². The molecule has 0 saturated carbocycles. The van der Waals surface area contributed by atoms with Crippen molar-refractivity contribution >= 4 is 22.5 Å². The van der Waals surface area contributed by atoms with Gasteiger partial charge in [-0.1, -0.05) is 102 Å². The van der Waals surface area contributed by atoms with Crippen molar-refractivity contribution in [3.05, 3.63) is 120 Å². The lowest BCUT2D eigenvalue weighted by Crippen LogP contribution is -2.44. The second-order valence-electron chi connectivity index (χ2n) is 6.85. The highest BCUT2D eigenvalue weighted by molar-refractivity contribution is 5.97. The number of rotatable bonds is 2. The summed E-state index contributed by atoms with van der Waals surface area (Å²) in [6.45, 7) is 0. The van der Waals surface area contributed by atoms with Crippen LogP contribution in [0.5, 0.6) is 0 Å². The van der Waals surface area contributed by atoms with E-state index in [1.807, 2.05) is 91.0 Å². The maximum atomic E-state index is 13.8. The smallest absolute Gasteiger partial charge is 0.139 e. The number of nitrogens with zero attached hydrogens (tertiary/aromatic N) is 1. The fraction of sp³-hybridized carbons (Fsp3) is 0.0400. The van der Waals surface area contributed by atoms with Crippen molar-refractivity contribution in [3.8, 4) is 0 Å². The first-order valence-corrected chi connectivity index (χ1v) is 9.10. The quantitative estimate of drug-likeness (QED) is 0.438. The Morgan fingerprint density at radius 2 is 1.22 bits per heavy atom. The van der Waals surface area contributed by atoms with Crippen LogP contribution >= 0.6 is 0 Å². The molecule has 0 aromatic heterocycles. The van der Waals surface area contributed by atoms with E-state index in [1.54, 1.807) is 0 Å². The second-order valence-corrected chi connectivity index (χ2v) is 6.85. The molecule has 4 aromatic rings. The minimum Gasteiger partial charge on any atom is -0.201 e. The van der Waals surface area contributed by atoms with Gasteiger partial charge in [-0.2, -0.15) is 0 Å². The molecule has 5 rings (SSSR count). The molecule has 2 heteroatoms. The van der Waals surface area contributed by atoms with E-state index in [1.165, 1.54) is 5.06 Å². The van der Waals surface area contributed by atoms with Gasteiger partial charge >= 0.3 is 0 Å². The summed E-state index contributed by atoms with van der Waals surface area (Å²) in [4.78, 5) is 0. The SMILES string of the molecule is [O]N1c2ccc3ccccc3c2C=CC1(c1ccccc1)c1ccccc1. The number of fused-ring (bicyclic) bond motifs is 3. The molecule has 1 heterocycles. The number of anilines is 1. The molecule has 0 aliphatic carbocycles. The molecule has 1 aliphatic rings. The minimum absolute atomic E-state index is 0.698. The summed E-state index contributed by atoms with van der Waals surface area (Å²) < 4.78 is 0. The average molecular weight is 348 g/mol. The Kier molecular flexibility index (Phi) is 3.59. The summed E-state index contributed by atoms with van der Waals surface area (Å²) in [6.07, 6.45) is 4.14. The van der Waals surface area contributed by atoms with Crippen molar-refractivity contribution in [2.75, 3.05) is 5.06 Å². The Hall–Kier alpha value is -3.36. The van der Waals surface area contributed by atoms with Crippen LogP contribution in [-0.4, -0.2) is 0 Å². The first kappa shape index (κ1) is 15.9. The molecule has 27 heavy (non-hydrogen) atoms. The molecule has 4 aromatic carbocycles. The third-order valence-corrected chi connectivity index (χ3v) is 5.41. The molecule has 0 N–H and O–H groups in total. The van der Waals surface area contributed by atoms with Gasteiger partial charge in [0.2, 0.25) is 0 Å². The third-order valence-electron chi connectivity index (χ3n) is 5.41. The van der Waals surface area contributed by atoms with E-state index >= 15 is 0 Å². The highest BCUT2D eigenvalue weighted by Gasteiger charge is 2.42. The van der Waals surface area contributed by atoms with Gasteiger partial charge in [0, 0.05) is 5.56 Å². The number of hydroxylamine groups is 1. The first-order valence-electron chi connectivity index (χ1n) is 9.10. The van der Waals surface area contributed by atoms with Gasteiger partial charge in [0.1, 0.15) is 5.54 Å². The van der Waals surface area contributed by atoms with Crippen molar-refractivity contribution < 1.29 is 5.21 Å². The predicted octanol–water partition coefficient (Wildman–Crippen LogP) is 5.96. The van der Waals surface area contributed by atoms with Gasteiger partial charge in [-0.25, -0.2) is 5.06 Å². The van der Waals surface area contributed by atoms with Crippen LogP contribution in [0.3, 0.4) is 0 Å². The van der Waals surface area contributed by atoms with Gasteiger partial charge in [-0.3, -0.25) is 0 Å². The number of hydrogen-bond donors (Lipinski definition) is 0. The van der Waals surface area contributed by atoms with E-state index in [2.05, 4.69) is 18.2 Å². The van der Waals surface area contributed by atoms with E-state index in [0.717, 1.165) is 27.5 Å². The van der Waals surface area contributed by atoms with Crippen LogP contribution in [0.25, 0.3) is 16.8 Å². The lowest BCUT2D eigenvalue weighted by molar-refractivity contribution is 0.113. The van der Waals surface area contributed by atoms with Crippen LogP contribution in [-0.2, 0) is 10.7 Å². The molecule has 2 nitrogen and oxygen atoms in total. The molecule has 1 radical (unpaired) electrons. The normalized spacial score (nSPS) is 14.9. The Balaban J connectivity index is 1.80. The molecule has 0 bridgehead atoms. The van der Waals surface area contributed by atoms with Crippen molar-refractivity contribution in [1.82, 2.24) is 0 Å². The lowest BCUT2D eigenvalue weighted by atomic mass is 9.79. The summed E-state index contributed by atoms with van der Waals surface area (Å²) in [6, 6.07) is 32.1. The van der Waals surface area contributed by atoms with Gasteiger partial charge in [-0.05, 0) is 34.0 Å². The maximum Gasteiger partial charge on any atom is 0.139 e. The minimum atomic E-state index is -0.877. The van der Waals surface area contributed by atoms with E-state index in [9.17, 15) is 5.21 Å². The van der Waals surface area contributed by atoms with Crippen LogP contribution in [0.15, 0.2) is 103 Å². The molecule has 0 amide bonds. The number of hydrogen-bond acceptors (Lipinski definition) is 1. The Labute approximate surface area is 158 Å². The molecule has 0 spiro atoms. The van der Waals surface area contributed by atoms with E-state index in [0.29, 0.717) is 5.69 Å². The van der Waals surface area contributed by atoms with Gasteiger partial charge in [-0.15, -0.1) is 0 Å².